The molecule has 3 heterocycles. The molecule has 0 bridgehead atoms. The predicted molar refractivity (Wildman–Crippen MR) is 107 cm³/mol. The van der Waals surface area contributed by atoms with Gasteiger partial charge in [0.15, 0.2) is 11.2 Å². The van der Waals surface area contributed by atoms with E-state index in [4.69, 9.17) is 15.2 Å². The summed E-state index contributed by atoms with van der Waals surface area (Å²) in [5.41, 5.74) is -0.437. The van der Waals surface area contributed by atoms with Crippen molar-refractivity contribution in [2.24, 2.45) is 7.05 Å². The number of imidazole rings is 1. The van der Waals surface area contributed by atoms with E-state index >= 15 is 0 Å². The summed E-state index contributed by atoms with van der Waals surface area (Å²) in [6.07, 6.45) is -5.08. The molecule has 2 aromatic heterocycles. The molecule has 0 aromatic carbocycles. The van der Waals surface area contributed by atoms with Gasteiger partial charge in [-0.25, -0.2) is 14.2 Å². The molecule has 2 N–H and O–H groups in total. The molecule has 0 saturated carbocycles. The van der Waals surface area contributed by atoms with Crippen molar-refractivity contribution in [2.75, 3.05) is 31.1 Å². The summed E-state index contributed by atoms with van der Waals surface area (Å²) in [7, 11) is 1.56. The number of halogens is 3. The van der Waals surface area contributed by atoms with Crippen molar-refractivity contribution in [1.82, 2.24) is 24.0 Å². The number of carboxylic acids is 1. The summed E-state index contributed by atoms with van der Waals surface area (Å²) in [5, 5.41) is 19.3. The van der Waals surface area contributed by atoms with Crippen LogP contribution < -0.4 is 21.5 Å². The zero-order valence-corrected chi connectivity index (χ0v) is 17.2. The van der Waals surface area contributed by atoms with Crippen LogP contribution in [0.3, 0.4) is 0 Å². The number of aryl methyl sites for hydroxylation is 1. The minimum atomic E-state index is -5.08. The third-order valence-corrected chi connectivity index (χ3v) is 4.50. The third-order valence-electron chi connectivity index (χ3n) is 4.50. The Kier molecular flexibility index (Phi) is 7.67. The first-order chi connectivity index (χ1) is 15.0. The van der Waals surface area contributed by atoms with Gasteiger partial charge in [0, 0.05) is 33.2 Å². The molecule has 0 amide bonds. The maximum absolute atomic E-state index is 12.8. The van der Waals surface area contributed by atoms with Gasteiger partial charge in [-0.15, -0.1) is 5.92 Å². The third kappa shape index (κ3) is 5.09. The number of nitrogens with zero attached hydrogens (tertiary/aromatic N) is 6. The molecule has 1 fully saturated rings. The number of rotatable bonds is 3. The zero-order valence-electron chi connectivity index (χ0n) is 17.2. The van der Waals surface area contributed by atoms with E-state index in [0.29, 0.717) is 23.7 Å². The van der Waals surface area contributed by atoms with Crippen LogP contribution >= 0.6 is 0 Å². The van der Waals surface area contributed by atoms with Gasteiger partial charge >= 0.3 is 17.8 Å². The van der Waals surface area contributed by atoms with Crippen LogP contribution in [0.25, 0.3) is 11.2 Å². The van der Waals surface area contributed by atoms with Gasteiger partial charge in [0.1, 0.15) is 6.54 Å². The largest absolute Gasteiger partial charge is 0.490 e. The number of nitrogens with one attached hydrogen (secondary N) is 1. The number of hydrogen-bond donors (Lipinski definition) is 2. The van der Waals surface area contributed by atoms with Gasteiger partial charge in [-0.1, -0.05) is 5.92 Å². The Morgan fingerprint density at radius 1 is 1.22 bits per heavy atom. The van der Waals surface area contributed by atoms with Crippen molar-refractivity contribution in [3.05, 3.63) is 20.8 Å². The molecule has 32 heavy (non-hydrogen) atoms. The summed E-state index contributed by atoms with van der Waals surface area (Å²) >= 11 is 0. The minimum absolute atomic E-state index is 0.297. The van der Waals surface area contributed by atoms with E-state index in [1.807, 2.05) is 6.07 Å². The lowest BCUT2D eigenvalue weighted by molar-refractivity contribution is -0.192. The Hall–Kier alpha value is -3.78. The second kappa shape index (κ2) is 10.0. The Labute approximate surface area is 179 Å². The van der Waals surface area contributed by atoms with E-state index in [0.717, 1.165) is 30.7 Å². The number of piperazine rings is 1. The van der Waals surface area contributed by atoms with Crippen molar-refractivity contribution >= 4 is 23.1 Å². The molecule has 0 aliphatic carbocycles. The van der Waals surface area contributed by atoms with Crippen LogP contribution in [0, 0.1) is 23.2 Å². The first-order valence-electron chi connectivity index (χ1n) is 9.27. The molecule has 0 spiro atoms. The number of nitriles is 1. The van der Waals surface area contributed by atoms with E-state index in [-0.39, 0.29) is 6.54 Å². The van der Waals surface area contributed by atoms with E-state index in [9.17, 15) is 22.8 Å². The van der Waals surface area contributed by atoms with Crippen LogP contribution in [0.15, 0.2) is 9.59 Å². The summed E-state index contributed by atoms with van der Waals surface area (Å²) < 4.78 is 35.7. The van der Waals surface area contributed by atoms with Crippen molar-refractivity contribution in [1.29, 1.82) is 5.26 Å². The quantitative estimate of drug-likeness (QED) is 0.590. The lowest BCUT2D eigenvalue weighted by Crippen LogP contribution is -2.44. The van der Waals surface area contributed by atoms with E-state index < -0.39 is 23.4 Å². The lowest BCUT2D eigenvalue weighted by Gasteiger charge is -2.28. The molecule has 2 aromatic rings. The summed E-state index contributed by atoms with van der Waals surface area (Å²) in [6, 6.07) is 1.86. The first-order valence-corrected chi connectivity index (χ1v) is 9.27. The van der Waals surface area contributed by atoms with Gasteiger partial charge in [0.2, 0.25) is 5.95 Å². The second-order valence-electron chi connectivity index (χ2n) is 6.53. The van der Waals surface area contributed by atoms with Gasteiger partial charge in [0.05, 0.1) is 12.6 Å². The highest BCUT2D eigenvalue weighted by Gasteiger charge is 2.38. The average molecular weight is 455 g/mol. The Morgan fingerprint density at radius 2 is 1.81 bits per heavy atom. The number of aliphatic carboxylic acids is 1. The molecule has 14 heteroatoms. The smallest absolute Gasteiger partial charge is 0.475 e. The van der Waals surface area contributed by atoms with E-state index in [1.54, 1.807) is 18.5 Å². The Bertz CT molecular complexity index is 1220. The van der Waals surface area contributed by atoms with Crippen LogP contribution in [-0.2, 0) is 24.9 Å². The second-order valence-corrected chi connectivity index (χ2v) is 6.53. The number of alkyl halides is 3. The van der Waals surface area contributed by atoms with Crippen LogP contribution in [0.2, 0.25) is 0 Å². The van der Waals surface area contributed by atoms with Crippen LogP contribution in [0.5, 0.6) is 0 Å². The molecule has 0 radical (unpaired) electrons. The van der Waals surface area contributed by atoms with Gasteiger partial charge in [-0.05, 0) is 6.92 Å². The number of fused-ring (bicyclic) bond motifs is 1. The molecule has 0 unspecified atom stereocenters. The fraction of sp³-hybridized carbons (Fsp3) is 0.500. The molecule has 11 nitrogen and oxygen atoms in total. The van der Waals surface area contributed by atoms with Crippen molar-refractivity contribution in [3.8, 4) is 17.9 Å². The molecule has 1 aliphatic heterocycles. The molecule has 172 valence electrons. The van der Waals surface area contributed by atoms with Gasteiger partial charge in [-0.3, -0.25) is 13.9 Å². The zero-order chi connectivity index (χ0) is 24.1. The van der Waals surface area contributed by atoms with Crippen LogP contribution in [0.1, 0.15) is 6.92 Å². The maximum atomic E-state index is 12.8. The van der Waals surface area contributed by atoms with Crippen molar-refractivity contribution in [3.63, 3.8) is 0 Å². The van der Waals surface area contributed by atoms with Crippen LogP contribution in [0.4, 0.5) is 19.1 Å². The number of carbonyl (C=O) groups is 1. The van der Waals surface area contributed by atoms with Gasteiger partial charge < -0.3 is 15.3 Å². The standard InChI is InChI=1S/C16H19N7O2.C2HF3O2/c1-3-4-8-22-12-13(19-15(22)21-10-6-18-7-11-21)20(2)16(25)23(9-5-17)14(12)24;3-2(4,5)1(6)7/h18H,6-11H2,1-2H3;(H,6,7). The fourth-order valence-electron chi connectivity index (χ4n) is 2.98. The van der Waals surface area contributed by atoms with E-state index in [2.05, 4.69) is 27.0 Å². The number of hydrogen-bond acceptors (Lipinski definition) is 7. The maximum Gasteiger partial charge on any atom is 0.490 e. The highest BCUT2D eigenvalue weighted by Crippen LogP contribution is 2.20. The number of anilines is 1. The molecular weight excluding hydrogens is 435 g/mol. The molecular formula is C18H20F3N7O4. The molecule has 0 atom stereocenters. The topological polar surface area (TPSA) is 138 Å². The first kappa shape index (κ1) is 24.5. The SMILES string of the molecule is CC#CCn1c(N2CCNCC2)nc2c1c(=O)n(CC#N)c(=O)n2C.O=C(O)C(F)(F)F. The normalized spacial score (nSPS) is 13.6. The number of aromatic nitrogens is 4. The minimum Gasteiger partial charge on any atom is -0.475 e. The highest BCUT2D eigenvalue weighted by atomic mass is 19.4. The Morgan fingerprint density at radius 3 is 2.31 bits per heavy atom. The highest BCUT2D eigenvalue weighted by molar-refractivity contribution is 5.75. The number of carboxylic acid groups (broad SMARTS) is 1. The molecule has 3 rings (SSSR count). The van der Waals surface area contributed by atoms with Gasteiger partial charge in [-0.2, -0.15) is 23.4 Å². The van der Waals surface area contributed by atoms with Crippen molar-refractivity contribution in [2.45, 2.75) is 26.2 Å². The summed E-state index contributed by atoms with van der Waals surface area (Å²) in [4.78, 5) is 40.8. The summed E-state index contributed by atoms with van der Waals surface area (Å²) in [6.45, 7) is 4.88. The molecule has 1 aliphatic rings. The monoisotopic (exact) mass is 455 g/mol. The fourth-order valence-corrected chi connectivity index (χ4v) is 2.98. The summed E-state index contributed by atoms with van der Waals surface area (Å²) in [5.74, 6) is 3.66. The predicted octanol–water partition coefficient (Wildman–Crippen LogP) is -0.514. The van der Waals surface area contributed by atoms with Crippen LogP contribution in [-0.4, -0.2) is 62.1 Å². The average Bonchev–Trinajstić information content (AvgIpc) is 3.14. The molecule has 1 saturated heterocycles. The lowest BCUT2D eigenvalue weighted by atomic mass is 10.4. The van der Waals surface area contributed by atoms with E-state index in [1.165, 1.54) is 4.57 Å². The van der Waals surface area contributed by atoms with Crippen molar-refractivity contribution < 1.29 is 23.1 Å². The van der Waals surface area contributed by atoms with Gasteiger partial charge in [0.25, 0.3) is 5.56 Å². The Balaban J connectivity index is 0.000000451.